The lowest BCUT2D eigenvalue weighted by Crippen LogP contribution is -2.42. The summed E-state index contributed by atoms with van der Waals surface area (Å²) in [6, 6.07) is 3.15. The van der Waals surface area contributed by atoms with Crippen LogP contribution in [0.15, 0.2) is 6.07 Å². The average Bonchev–Trinajstić information content (AvgIpc) is 3.16. The van der Waals surface area contributed by atoms with Crippen LogP contribution in [-0.2, 0) is 6.54 Å². The highest BCUT2D eigenvalue weighted by Gasteiger charge is 2.24. The second-order valence-corrected chi connectivity index (χ2v) is 7.80. The topological polar surface area (TPSA) is 15.3 Å². The monoisotopic (exact) mass is 278 g/mol. The number of thiophene rings is 1. The predicted octanol–water partition coefficient (Wildman–Crippen LogP) is 3.33. The molecule has 1 aliphatic carbocycles. The second-order valence-electron chi connectivity index (χ2n) is 6.34. The van der Waals surface area contributed by atoms with Crippen molar-refractivity contribution in [3.63, 3.8) is 0 Å². The minimum absolute atomic E-state index is 0.780. The normalized spacial score (nSPS) is 22.0. The van der Waals surface area contributed by atoms with Gasteiger partial charge in [-0.2, -0.15) is 0 Å². The molecule has 1 saturated heterocycles. The Morgan fingerprint density at radius 1 is 1.21 bits per heavy atom. The third kappa shape index (κ3) is 3.80. The lowest BCUT2D eigenvalue weighted by Gasteiger charge is -2.32. The van der Waals surface area contributed by atoms with Crippen molar-refractivity contribution in [3.8, 4) is 0 Å². The highest BCUT2D eigenvalue weighted by Crippen LogP contribution is 2.28. The van der Waals surface area contributed by atoms with Gasteiger partial charge in [0.25, 0.3) is 0 Å². The maximum atomic E-state index is 3.76. The number of likely N-dealkylation sites (tertiary alicyclic amines) is 1. The van der Waals surface area contributed by atoms with Crippen molar-refractivity contribution >= 4 is 11.3 Å². The third-order valence-corrected chi connectivity index (χ3v) is 5.53. The zero-order chi connectivity index (χ0) is 13.2. The Labute approximate surface area is 121 Å². The number of hydrogen-bond donors (Lipinski definition) is 1. The molecule has 1 aliphatic heterocycles. The molecule has 0 spiro atoms. The van der Waals surface area contributed by atoms with Gasteiger partial charge in [0.1, 0.15) is 0 Å². The first-order chi connectivity index (χ1) is 9.20. The van der Waals surface area contributed by atoms with E-state index < -0.39 is 0 Å². The Morgan fingerprint density at radius 3 is 2.53 bits per heavy atom. The molecule has 1 aromatic rings. The third-order valence-electron chi connectivity index (χ3n) is 4.52. The number of rotatable bonds is 5. The zero-order valence-electron chi connectivity index (χ0n) is 12.2. The van der Waals surface area contributed by atoms with Crippen LogP contribution in [0.5, 0.6) is 0 Å². The summed E-state index contributed by atoms with van der Waals surface area (Å²) in [5.74, 6) is 1.01. The van der Waals surface area contributed by atoms with Crippen LogP contribution in [0.3, 0.4) is 0 Å². The van der Waals surface area contributed by atoms with Crippen molar-refractivity contribution in [1.82, 2.24) is 10.2 Å². The fourth-order valence-corrected chi connectivity index (χ4v) is 3.97. The molecule has 19 heavy (non-hydrogen) atoms. The first-order valence-corrected chi connectivity index (χ1v) is 8.54. The Balaban J connectivity index is 1.43. The van der Waals surface area contributed by atoms with Gasteiger partial charge in [0.05, 0.1) is 0 Å². The first-order valence-electron chi connectivity index (χ1n) is 7.72. The molecule has 1 saturated carbocycles. The van der Waals surface area contributed by atoms with Crippen LogP contribution in [0.1, 0.15) is 41.0 Å². The van der Waals surface area contributed by atoms with Crippen molar-refractivity contribution in [2.45, 2.75) is 52.1 Å². The molecule has 1 N–H and O–H groups in total. The van der Waals surface area contributed by atoms with Gasteiger partial charge in [-0.1, -0.05) is 0 Å². The molecule has 0 bridgehead atoms. The van der Waals surface area contributed by atoms with Gasteiger partial charge >= 0.3 is 0 Å². The van der Waals surface area contributed by atoms with Crippen molar-refractivity contribution < 1.29 is 0 Å². The molecule has 3 rings (SSSR count). The summed E-state index contributed by atoms with van der Waals surface area (Å²) in [5, 5.41) is 3.76. The van der Waals surface area contributed by atoms with E-state index in [4.69, 9.17) is 0 Å². The van der Waals surface area contributed by atoms with E-state index in [9.17, 15) is 0 Å². The van der Waals surface area contributed by atoms with Crippen molar-refractivity contribution in [2.75, 3.05) is 19.6 Å². The predicted molar refractivity (Wildman–Crippen MR) is 82.8 cm³/mol. The number of hydrogen-bond acceptors (Lipinski definition) is 3. The van der Waals surface area contributed by atoms with E-state index in [0.717, 1.165) is 18.5 Å². The lowest BCUT2D eigenvalue weighted by molar-refractivity contribution is 0.190. The van der Waals surface area contributed by atoms with Gasteiger partial charge in [0, 0.05) is 22.3 Å². The number of aryl methyl sites for hydroxylation is 2. The van der Waals surface area contributed by atoms with Crippen LogP contribution in [0.4, 0.5) is 0 Å². The molecule has 2 fully saturated rings. The summed E-state index contributed by atoms with van der Waals surface area (Å²) in [7, 11) is 0. The minimum atomic E-state index is 0.780. The average molecular weight is 278 g/mol. The van der Waals surface area contributed by atoms with Crippen molar-refractivity contribution in [3.05, 3.63) is 21.4 Å². The lowest BCUT2D eigenvalue weighted by atomic mass is 10.0. The van der Waals surface area contributed by atoms with E-state index in [-0.39, 0.29) is 0 Å². The maximum absolute atomic E-state index is 3.76. The molecule has 1 aromatic heterocycles. The molecule has 0 atom stereocenters. The number of nitrogens with one attached hydrogen (secondary N) is 1. The Morgan fingerprint density at radius 2 is 1.95 bits per heavy atom. The summed E-state index contributed by atoms with van der Waals surface area (Å²) >= 11 is 1.94. The molecule has 0 amide bonds. The summed E-state index contributed by atoms with van der Waals surface area (Å²) in [5.41, 5.74) is 1.55. The molecule has 0 aromatic carbocycles. The van der Waals surface area contributed by atoms with E-state index >= 15 is 0 Å². The van der Waals surface area contributed by atoms with E-state index in [1.165, 1.54) is 55.1 Å². The van der Waals surface area contributed by atoms with E-state index in [1.54, 1.807) is 5.56 Å². The summed E-state index contributed by atoms with van der Waals surface area (Å²) in [4.78, 5) is 5.59. The molecule has 2 nitrogen and oxygen atoms in total. The van der Waals surface area contributed by atoms with Crippen LogP contribution in [0, 0.1) is 19.8 Å². The van der Waals surface area contributed by atoms with Crippen molar-refractivity contribution in [1.29, 1.82) is 0 Å². The quantitative estimate of drug-likeness (QED) is 0.889. The maximum Gasteiger partial charge on any atom is 0.0244 e. The molecule has 106 valence electrons. The number of nitrogens with zero attached hydrogens (tertiary/aromatic N) is 1. The molecule has 2 aliphatic rings. The SMILES string of the molecule is Cc1cc(CN2CCC(NCC3CC3)CC2)c(C)s1. The van der Waals surface area contributed by atoms with Gasteiger partial charge in [0.2, 0.25) is 0 Å². The van der Waals surface area contributed by atoms with Crippen LogP contribution in [0.2, 0.25) is 0 Å². The highest BCUT2D eigenvalue weighted by molar-refractivity contribution is 7.12. The fourth-order valence-electron chi connectivity index (χ4n) is 3.03. The zero-order valence-corrected chi connectivity index (χ0v) is 13.1. The molecular formula is C16H26N2S. The van der Waals surface area contributed by atoms with Crippen LogP contribution in [0.25, 0.3) is 0 Å². The fraction of sp³-hybridized carbons (Fsp3) is 0.750. The van der Waals surface area contributed by atoms with Gasteiger partial charge < -0.3 is 5.32 Å². The van der Waals surface area contributed by atoms with Crippen LogP contribution in [-0.4, -0.2) is 30.6 Å². The Kier molecular flexibility index (Phi) is 4.25. The van der Waals surface area contributed by atoms with Gasteiger partial charge in [-0.15, -0.1) is 11.3 Å². The molecular weight excluding hydrogens is 252 g/mol. The molecule has 0 radical (unpaired) electrons. The van der Waals surface area contributed by atoms with E-state index in [0.29, 0.717) is 0 Å². The second kappa shape index (κ2) is 5.94. The summed E-state index contributed by atoms with van der Waals surface area (Å²) in [6.45, 7) is 9.43. The van der Waals surface area contributed by atoms with E-state index in [2.05, 4.69) is 30.1 Å². The first kappa shape index (κ1) is 13.6. The van der Waals surface area contributed by atoms with Crippen LogP contribution < -0.4 is 5.32 Å². The summed E-state index contributed by atoms with van der Waals surface area (Å²) in [6.07, 6.45) is 5.58. The van der Waals surface area contributed by atoms with Gasteiger partial charge in [-0.3, -0.25) is 4.90 Å². The number of piperidine rings is 1. The minimum Gasteiger partial charge on any atom is -0.314 e. The van der Waals surface area contributed by atoms with Gasteiger partial charge in [0.15, 0.2) is 0 Å². The molecule has 0 unspecified atom stereocenters. The molecule has 2 heterocycles. The van der Waals surface area contributed by atoms with E-state index in [1.807, 2.05) is 11.3 Å². The van der Waals surface area contributed by atoms with Gasteiger partial charge in [-0.25, -0.2) is 0 Å². The summed E-state index contributed by atoms with van der Waals surface area (Å²) < 4.78 is 0. The van der Waals surface area contributed by atoms with Crippen molar-refractivity contribution in [2.24, 2.45) is 5.92 Å². The standard InChI is InChI=1S/C16H26N2S/c1-12-9-15(13(2)19-12)11-18-7-5-16(6-8-18)17-10-14-3-4-14/h9,14,16-17H,3-8,10-11H2,1-2H3. The highest BCUT2D eigenvalue weighted by atomic mass is 32.1. The Hall–Kier alpha value is -0.380. The van der Waals surface area contributed by atoms with Crippen LogP contribution >= 0.6 is 11.3 Å². The largest absolute Gasteiger partial charge is 0.314 e. The van der Waals surface area contributed by atoms with Gasteiger partial charge in [-0.05, 0) is 76.7 Å². The molecule has 3 heteroatoms. The smallest absolute Gasteiger partial charge is 0.0244 e. The Bertz CT molecular complexity index is 414.